The summed E-state index contributed by atoms with van der Waals surface area (Å²) in [4.78, 5) is 14.6. The molecule has 1 fully saturated rings. The Balaban J connectivity index is 2.13. The highest BCUT2D eigenvalue weighted by molar-refractivity contribution is 6.35. The summed E-state index contributed by atoms with van der Waals surface area (Å²) in [6.07, 6.45) is 0.0326. The van der Waals surface area contributed by atoms with Crippen LogP contribution in [0.5, 0.6) is 5.75 Å². The number of hydrogen-bond acceptors (Lipinski definition) is 3. The summed E-state index contributed by atoms with van der Waals surface area (Å²) in [5.74, 6) is 0.360. The zero-order valence-corrected chi connectivity index (χ0v) is 14.7. The molecule has 0 unspecified atom stereocenters. The number of amides is 1. The van der Waals surface area contributed by atoms with Gasteiger partial charge < -0.3 is 14.4 Å². The molecular weight excluding hydrogens is 325 g/mol. The molecule has 6 heteroatoms. The lowest BCUT2D eigenvalue weighted by atomic mass is 10.1. The normalized spacial score (nSPS) is 22.5. The molecule has 0 aromatic heterocycles. The van der Waals surface area contributed by atoms with Crippen molar-refractivity contribution in [1.29, 1.82) is 0 Å². The molecule has 122 valence electrons. The van der Waals surface area contributed by atoms with Crippen molar-refractivity contribution in [2.24, 2.45) is 0 Å². The summed E-state index contributed by atoms with van der Waals surface area (Å²) >= 11 is 12.0. The highest BCUT2D eigenvalue weighted by Gasteiger charge is 2.37. The fourth-order valence-corrected chi connectivity index (χ4v) is 3.05. The van der Waals surface area contributed by atoms with Crippen LogP contribution >= 0.6 is 23.2 Å². The van der Waals surface area contributed by atoms with E-state index in [-0.39, 0.29) is 18.1 Å². The molecule has 1 aliphatic rings. The van der Waals surface area contributed by atoms with E-state index in [4.69, 9.17) is 32.7 Å². The molecule has 4 nitrogen and oxygen atoms in total. The van der Waals surface area contributed by atoms with Crippen LogP contribution in [0.3, 0.4) is 0 Å². The van der Waals surface area contributed by atoms with Crippen LogP contribution < -0.4 is 4.74 Å². The highest BCUT2D eigenvalue weighted by atomic mass is 35.5. The summed E-state index contributed by atoms with van der Waals surface area (Å²) < 4.78 is 11.5. The van der Waals surface area contributed by atoms with Crippen LogP contribution in [0.15, 0.2) is 18.2 Å². The maximum Gasteiger partial charge on any atom is 0.266 e. The number of carbonyl (C=O) groups is 1. The van der Waals surface area contributed by atoms with Crippen molar-refractivity contribution in [2.75, 3.05) is 13.1 Å². The molecule has 0 aliphatic carbocycles. The summed E-state index contributed by atoms with van der Waals surface area (Å²) in [6, 6.07) is 4.95. The van der Waals surface area contributed by atoms with Gasteiger partial charge in [0.25, 0.3) is 5.91 Å². The second-order valence-electron chi connectivity index (χ2n) is 6.15. The summed E-state index contributed by atoms with van der Waals surface area (Å²) in [5, 5.41) is 0.911. The van der Waals surface area contributed by atoms with Crippen LogP contribution in [0.25, 0.3) is 0 Å². The number of hydrogen-bond donors (Lipinski definition) is 0. The lowest BCUT2D eigenvalue weighted by Gasteiger charge is -2.39. The van der Waals surface area contributed by atoms with Crippen molar-refractivity contribution in [1.82, 2.24) is 4.90 Å². The van der Waals surface area contributed by atoms with Gasteiger partial charge >= 0.3 is 0 Å². The second-order valence-corrected chi connectivity index (χ2v) is 7.00. The quantitative estimate of drug-likeness (QED) is 0.836. The van der Waals surface area contributed by atoms with E-state index in [1.807, 2.05) is 13.8 Å². The van der Waals surface area contributed by atoms with Crippen molar-refractivity contribution in [3.8, 4) is 5.75 Å². The van der Waals surface area contributed by atoms with E-state index < -0.39 is 5.60 Å². The lowest BCUT2D eigenvalue weighted by molar-refractivity contribution is -0.156. The molecule has 0 saturated carbocycles. The van der Waals surface area contributed by atoms with Gasteiger partial charge in [0.05, 0.1) is 17.2 Å². The van der Waals surface area contributed by atoms with Gasteiger partial charge in [0, 0.05) is 18.1 Å². The smallest absolute Gasteiger partial charge is 0.266 e. The standard InChI is InChI=1S/C16H21Cl2NO3/c1-10-8-19(9-11(2)21-10)15(20)16(3,4)22-14-6-5-12(17)7-13(14)18/h5-7,10-11H,8-9H2,1-4H3/t10-,11-/m1/s1. The van der Waals surface area contributed by atoms with Crippen molar-refractivity contribution in [3.05, 3.63) is 28.2 Å². The minimum atomic E-state index is -1.02. The average Bonchev–Trinajstić information content (AvgIpc) is 2.40. The second kappa shape index (κ2) is 6.65. The van der Waals surface area contributed by atoms with Crippen LogP contribution in [0.2, 0.25) is 10.0 Å². The number of morpholine rings is 1. The Labute approximate surface area is 141 Å². The Kier molecular flexibility index (Phi) is 5.25. The van der Waals surface area contributed by atoms with Gasteiger partial charge in [-0.2, -0.15) is 0 Å². The number of nitrogens with zero attached hydrogens (tertiary/aromatic N) is 1. The molecule has 0 radical (unpaired) electrons. The number of rotatable bonds is 3. The Hall–Kier alpha value is -0.970. The molecule has 1 aromatic carbocycles. The van der Waals surface area contributed by atoms with E-state index in [2.05, 4.69) is 0 Å². The van der Waals surface area contributed by atoms with Crippen molar-refractivity contribution in [2.45, 2.75) is 45.5 Å². The van der Waals surface area contributed by atoms with Crippen molar-refractivity contribution >= 4 is 29.1 Å². The molecule has 1 aromatic rings. The zero-order valence-electron chi connectivity index (χ0n) is 13.2. The Morgan fingerprint density at radius 2 is 1.86 bits per heavy atom. The summed E-state index contributed by atoms with van der Waals surface area (Å²) in [6.45, 7) is 8.52. The minimum Gasteiger partial charge on any atom is -0.476 e. The third-order valence-corrected chi connectivity index (χ3v) is 4.01. The SMILES string of the molecule is C[C@@H]1CN(C(=O)C(C)(C)Oc2ccc(Cl)cc2Cl)C[C@@H](C)O1. The first-order valence-corrected chi connectivity index (χ1v) is 8.03. The monoisotopic (exact) mass is 345 g/mol. The van der Waals surface area contributed by atoms with E-state index >= 15 is 0 Å². The molecule has 0 bridgehead atoms. The first-order chi connectivity index (χ1) is 10.2. The molecule has 2 rings (SSSR count). The number of carbonyl (C=O) groups excluding carboxylic acids is 1. The molecule has 1 heterocycles. The van der Waals surface area contributed by atoms with Gasteiger partial charge in [-0.05, 0) is 45.9 Å². The first kappa shape index (κ1) is 17.4. The van der Waals surface area contributed by atoms with Gasteiger partial charge in [-0.3, -0.25) is 4.79 Å². The predicted molar refractivity (Wildman–Crippen MR) is 87.8 cm³/mol. The summed E-state index contributed by atoms with van der Waals surface area (Å²) in [7, 11) is 0. The Morgan fingerprint density at radius 1 is 1.27 bits per heavy atom. The van der Waals surface area contributed by atoms with Crippen LogP contribution in [0.1, 0.15) is 27.7 Å². The van der Waals surface area contributed by atoms with Crippen LogP contribution in [0, 0.1) is 0 Å². The lowest BCUT2D eigenvalue weighted by Crippen LogP contribution is -2.55. The Bertz CT molecular complexity index is 552. The van der Waals surface area contributed by atoms with Gasteiger partial charge in [0.15, 0.2) is 5.60 Å². The average molecular weight is 346 g/mol. The fourth-order valence-electron chi connectivity index (χ4n) is 2.60. The Morgan fingerprint density at radius 3 is 2.41 bits per heavy atom. The van der Waals surface area contributed by atoms with Crippen LogP contribution in [-0.2, 0) is 9.53 Å². The molecule has 2 atom stereocenters. The molecule has 22 heavy (non-hydrogen) atoms. The van der Waals surface area contributed by atoms with Gasteiger partial charge in [-0.25, -0.2) is 0 Å². The molecular formula is C16H21Cl2NO3. The van der Waals surface area contributed by atoms with Crippen molar-refractivity contribution in [3.63, 3.8) is 0 Å². The first-order valence-electron chi connectivity index (χ1n) is 7.28. The molecule has 0 spiro atoms. The highest BCUT2D eigenvalue weighted by Crippen LogP contribution is 2.31. The third-order valence-electron chi connectivity index (χ3n) is 3.48. The zero-order chi connectivity index (χ0) is 16.5. The number of ether oxygens (including phenoxy) is 2. The number of benzene rings is 1. The minimum absolute atomic E-state index is 0.0163. The predicted octanol–water partition coefficient (Wildman–Crippen LogP) is 3.79. The number of halogens is 2. The molecule has 1 amide bonds. The van der Waals surface area contributed by atoms with Crippen molar-refractivity contribution < 1.29 is 14.3 Å². The largest absolute Gasteiger partial charge is 0.476 e. The van der Waals surface area contributed by atoms with E-state index in [1.54, 1.807) is 36.9 Å². The maximum absolute atomic E-state index is 12.8. The van der Waals surface area contributed by atoms with E-state index in [1.165, 1.54) is 0 Å². The topological polar surface area (TPSA) is 38.8 Å². The maximum atomic E-state index is 12.8. The van der Waals surface area contributed by atoms with Crippen LogP contribution in [-0.4, -0.2) is 41.7 Å². The summed E-state index contributed by atoms with van der Waals surface area (Å²) in [5.41, 5.74) is -1.02. The van der Waals surface area contributed by atoms with E-state index in [0.29, 0.717) is 28.9 Å². The van der Waals surface area contributed by atoms with Crippen LogP contribution in [0.4, 0.5) is 0 Å². The van der Waals surface area contributed by atoms with Gasteiger partial charge in [0.1, 0.15) is 5.75 Å². The van der Waals surface area contributed by atoms with Gasteiger partial charge in [0.2, 0.25) is 0 Å². The molecule has 1 saturated heterocycles. The molecule has 0 N–H and O–H groups in total. The van der Waals surface area contributed by atoms with Gasteiger partial charge in [-0.15, -0.1) is 0 Å². The fraction of sp³-hybridized carbons (Fsp3) is 0.562. The third kappa shape index (κ3) is 4.06. The van der Waals surface area contributed by atoms with Gasteiger partial charge in [-0.1, -0.05) is 23.2 Å². The molecule has 1 aliphatic heterocycles. The van der Waals surface area contributed by atoms with E-state index in [0.717, 1.165) is 0 Å². The van der Waals surface area contributed by atoms with E-state index in [9.17, 15) is 4.79 Å².